The highest BCUT2D eigenvalue weighted by atomic mass is 35.5. The number of nitrogens with zero attached hydrogens (tertiary/aromatic N) is 1. The number of rotatable bonds is 2. The van der Waals surface area contributed by atoms with Gasteiger partial charge >= 0.3 is 0 Å². The van der Waals surface area contributed by atoms with Crippen molar-refractivity contribution < 1.29 is 9.72 Å². The maximum Gasteiger partial charge on any atom is 0.270 e. The van der Waals surface area contributed by atoms with E-state index in [2.05, 4.69) is 0 Å². The minimum atomic E-state index is -0.578. The van der Waals surface area contributed by atoms with Gasteiger partial charge in [-0.15, -0.1) is 0 Å². The topological polar surface area (TPSA) is 72.2 Å². The molecule has 0 aromatic heterocycles. The first-order valence-electron chi connectivity index (χ1n) is 3.30. The van der Waals surface area contributed by atoms with Crippen LogP contribution in [-0.2, 0) is 0 Å². The molecule has 0 aliphatic carbocycles. The quantitative estimate of drug-likeness (QED) is 0.447. The Morgan fingerprint density at radius 2 is 2.23 bits per heavy atom. The second-order valence-corrected chi connectivity index (χ2v) is 2.42. The largest absolute Gasteiger partial charge is 0.270 e. The highest BCUT2D eigenvalue weighted by Crippen LogP contribution is 2.12. The van der Waals surface area contributed by atoms with Crippen molar-refractivity contribution in [2.24, 2.45) is 0 Å². The molecule has 0 saturated carbocycles. The Bertz CT molecular complexity index is 353. The van der Waals surface area contributed by atoms with E-state index in [0.717, 1.165) is 6.07 Å². The molecular formula is C7H5ClN2O3. The Morgan fingerprint density at radius 1 is 1.54 bits per heavy atom. The molecule has 5 nitrogen and oxygen atoms in total. The van der Waals surface area contributed by atoms with Crippen LogP contribution in [0.1, 0.15) is 10.4 Å². The van der Waals surface area contributed by atoms with Gasteiger partial charge < -0.3 is 0 Å². The van der Waals surface area contributed by atoms with E-state index in [1.54, 1.807) is 0 Å². The van der Waals surface area contributed by atoms with Crippen LogP contribution in [0.25, 0.3) is 0 Å². The van der Waals surface area contributed by atoms with E-state index in [1.165, 1.54) is 18.2 Å². The van der Waals surface area contributed by atoms with Gasteiger partial charge in [-0.05, 0) is 6.07 Å². The van der Waals surface area contributed by atoms with Crippen molar-refractivity contribution in [2.75, 3.05) is 0 Å². The second-order valence-electron chi connectivity index (χ2n) is 2.23. The molecule has 1 rings (SSSR count). The van der Waals surface area contributed by atoms with Gasteiger partial charge in [-0.25, -0.2) is 0 Å². The van der Waals surface area contributed by atoms with Crippen molar-refractivity contribution in [1.82, 2.24) is 4.84 Å². The van der Waals surface area contributed by atoms with E-state index in [1.807, 2.05) is 4.84 Å². The van der Waals surface area contributed by atoms with Crippen LogP contribution in [0.15, 0.2) is 24.3 Å². The van der Waals surface area contributed by atoms with Crippen LogP contribution >= 0.6 is 11.8 Å². The van der Waals surface area contributed by atoms with Gasteiger partial charge in [-0.1, -0.05) is 6.07 Å². The Kier molecular flexibility index (Phi) is 2.81. The molecule has 0 aliphatic heterocycles. The fraction of sp³-hybridized carbons (Fsp3) is 0. The average Bonchev–Trinajstić information content (AvgIpc) is 2.17. The van der Waals surface area contributed by atoms with E-state index in [-0.39, 0.29) is 11.3 Å². The fourth-order valence-electron chi connectivity index (χ4n) is 0.815. The molecule has 0 aliphatic rings. The van der Waals surface area contributed by atoms with Crippen LogP contribution in [0.5, 0.6) is 0 Å². The van der Waals surface area contributed by atoms with Gasteiger partial charge in [-0.2, -0.15) is 0 Å². The molecule has 1 aromatic rings. The first-order chi connectivity index (χ1) is 6.15. The van der Waals surface area contributed by atoms with E-state index < -0.39 is 10.8 Å². The van der Waals surface area contributed by atoms with Gasteiger partial charge in [0, 0.05) is 29.5 Å². The predicted molar refractivity (Wildman–Crippen MR) is 46.4 cm³/mol. The normalized spacial score (nSPS) is 9.31. The molecular weight excluding hydrogens is 196 g/mol. The first-order valence-corrected chi connectivity index (χ1v) is 3.68. The first kappa shape index (κ1) is 9.47. The predicted octanol–water partition coefficient (Wildman–Crippen LogP) is 1.48. The number of benzene rings is 1. The number of non-ortho nitro benzene ring substituents is 1. The number of hydrogen-bond donors (Lipinski definition) is 1. The Morgan fingerprint density at radius 3 is 2.77 bits per heavy atom. The average molecular weight is 201 g/mol. The van der Waals surface area contributed by atoms with E-state index in [4.69, 9.17) is 11.8 Å². The van der Waals surface area contributed by atoms with Crippen molar-refractivity contribution in [1.29, 1.82) is 0 Å². The van der Waals surface area contributed by atoms with Crippen molar-refractivity contribution in [3.8, 4) is 0 Å². The van der Waals surface area contributed by atoms with Gasteiger partial charge in [0.15, 0.2) is 0 Å². The molecule has 0 radical (unpaired) electrons. The molecule has 0 spiro atoms. The molecule has 0 fully saturated rings. The zero-order valence-electron chi connectivity index (χ0n) is 6.36. The van der Waals surface area contributed by atoms with E-state index >= 15 is 0 Å². The molecule has 0 bridgehead atoms. The van der Waals surface area contributed by atoms with Crippen LogP contribution in [0.3, 0.4) is 0 Å². The Labute approximate surface area is 78.6 Å². The third-order valence-electron chi connectivity index (χ3n) is 1.40. The number of nitro benzene ring substituents is 1. The van der Waals surface area contributed by atoms with Gasteiger partial charge in [0.2, 0.25) is 0 Å². The molecule has 1 N–H and O–H groups in total. The maximum atomic E-state index is 10.9. The van der Waals surface area contributed by atoms with Crippen LogP contribution in [-0.4, -0.2) is 10.8 Å². The highest BCUT2D eigenvalue weighted by Gasteiger charge is 2.09. The molecule has 13 heavy (non-hydrogen) atoms. The number of carbonyl (C=O) groups is 1. The molecule has 0 unspecified atom stereocenters. The molecule has 6 heteroatoms. The molecule has 0 heterocycles. The van der Waals surface area contributed by atoms with Crippen LogP contribution in [0.4, 0.5) is 5.69 Å². The summed E-state index contributed by atoms with van der Waals surface area (Å²) in [5.41, 5.74) is 0.0157. The molecule has 0 saturated heterocycles. The summed E-state index contributed by atoms with van der Waals surface area (Å²) >= 11 is 5.05. The summed E-state index contributed by atoms with van der Waals surface area (Å²) in [6.45, 7) is 0. The number of nitro groups is 1. The Balaban J connectivity index is 3.05. The molecule has 1 amide bonds. The van der Waals surface area contributed by atoms with Crippen molar-refractivity contribution >= 4 is 23.4 Å². The lowest BCUT2D eigenvalue weighted by Gasteiger charge is -1.96. The lowest BCUT2D eigenvalue weighted by atomic mass is 10.2. The maximum absolute atomic E-state index is 10.9. The van der Waals surface area contributed by atoms with Crippen LogP contribution < -0.4 is 4.84 Å². The zero-order valence-corrected chi connectivity index (χ0v) is 7.12. The molecule has 68 valence electrons. The van der Waals surface area contributed by atoms with Crippen molar-refractivity contribution in [3.63, 3.8) is 0 Å². The van der Waals surface area contributed by atoms with E-state index in [9.17, 15) is 14.9 Å². The fourth-order valence-corrected chi connectivity index (χ4v) is 0.924. The third-order valence-corrected chi connectivity index (χ3v) is 1.58. The number of amides is 1. The smallest absolute Gasteiger partial charge is 0.268 e. The van der Waals surface area contributed by atoms with Crippen molar-refractivity contribution in [3.05, 3.63) is 39.9 Å². The zero-order chi connectivity index (χ0) is 9.84. The van der Waals surface area contributed by atoms with Crippen LogP contribution in [0, 0.1) is 10.1 Å². The summed E-state index contributed by atoms with van der Waals surface area (Å²) in [5, 5.41) is 10.3. The van der Waals surface area contributed by atoms with Crippen LogP contribution in [0.2, 0.25) is 0 Å². The summed E-state index contributed by atoms with van der Waals surface area (Å²) < 4.78 is 0. The molecule has 0 atom stereocenters. The second kappa shape index (κ2) is 3.86. The highest BCUT2D eigenvalue weighted by molar-refractivity contribution is 6.24. The number of hydrogen-bond acceptors (Lipinski definition) is 3. The van der Waals surface area contributed by atoms with E-state index in [0.29, 0.717) is 0 Å². The lowest BCUT2D eigenvalue weighted by Crippen LogP contribution is -2.12. The lowest BCUT2D eigenvalue weighted by molar-refractivity contribution is -0.384. The summed E-state index contributed by atoms with van der Waals surface area (Å²) in [6.07, 6.45) is 0. The summed E-state index contributed by atoms with van der Waals surface area (Å²) in [7, 11) is 0. The van der Waals surface area contributed by atoms with Crippen molar-refractivity contribution in [2.45, 2.75) is 0 Å². The SMILES string of the molecule is O=C(NCl)c1cccc([N+](=O)[O-])c1. The summed E-state index contributed by atoms with van der Waals surface area (Å²) in [4.78, 5) is 22.5. The minimum absolute atomic E-state index is 0.141. The minimum Gasteiger partial charge on any atom is -0.268 e. The Hall–Kier alpha value is -1.62. The van der Waals surface area contributed by atoms with Gasteiger partial charge in [0.25, 0.3) is 11.6 Å². The number of carbonyl (C=O) groups excluding carboxylic acids is 1. The van der Waals surface area contributed by atoms with Gasteiger partial charge in [-0.3, -0.25) is 19.7 Å². The van der Waals surface area contributed by atoms with Gasteiger partial charge in [0.05, 0.1) is 4.92 Å². The summed E-state index contributed by atoms with van der Waals surface area (Å²) in [6, 6.07) is 5.30. The molecule has 1 aromatic carbocycles. The monoisotopic (exact) mass is 200 g/mol. The number of nitrogens with one attached hydrogen (secondary N) is 1. The summed E-state index contributed by atoms with van der Waals surface area (Å²) in [5.74, 6) is -0.564. The third kappa shape index (κ3) is 2.16. The van der Waals surface area contributed by atoms with Gasteiger partial charge in [0.1, 0.15) is 0 Å². The number of halogens is 1. The standard InChI is InChI=1S/C7H5ClN2O3/c8-9-7(11)5-2-1-3-6(4-5)10(12)13/h1-4H,(H,9,11).